The second-order valence-corrected chi connectivity index (χ2v) is 9.20. The predicted octanol–water partition coefficient (Wildman–Crippen LogP) is 3.73. The van der Waals surface area contributed by atoms with Crippen LogP contribution in [0.1, 0.15) is 44.0 Å². The van der Waals surface area contributed by atoms with E-state index in [2.05, 4.69) is 24.5 Å². The Bertz CT molecular complexity index is 1010. The Balaban J connectivity index is 1.45. The summed E-state index contributed by atoms with van der Waals surface area (Å²) in [7, 11) is 1.56. The number of likely N-dealkylation sites (tertiary alicyclic amines) is 1. The van der Waals surface area contributed by atoms with Gasteiger partial charge in [-0.1, -0.05) is 19.9 Å². The molecular weight excluding hydrogens is 446 g/mol. The molecule has 1 fully saturated rings. The van der Waals surface area contributed by atoms with Gasteiger partial charge < -0.3 is 25.0 Å². The number of benzene rings is 2. The molecule has 0 radical (unpaired) electrons. The minimum Gasteiger partial charge on any atom is -0.497 e. The number of amides is 3. The molecular formula is C27H35N3O5. The van der Waals surface area contributed by atoms with Gasteiger partial charge in [0.1, 0.15) is 11.5 Å². The Morgan fingerprint density at radius 2 is 1.69 bits per heavy atom. The molecule has 0 aliphatic carbocycles. The number of carbonyl (C=O) groups is 3. The summed E-state index contributed by atoms with van der Waals surface area (Å²) in [6, 6.07) is 14.0. The van der Waals surface area contributed by atoms with E-state index >= 15 is 0 Å². The fraction of sp³-hybridized carbons (Fsp3) is 0.444. The van der Waals surface area contributed by atoms with E-state index < -0.39 is 0 Å². The van der Waals surface area contributed by atoms with Gasteiger partial charge in [0.15, 0.2) is 6.61 Å². The molecule has 1 unspecified atom stereocenters. The molecule has 188 valence electrons. The predicted molar refractivity (Wildman–Crippen MR) is 135 cm³/mol. The van der Waals surface area contributed by atoms with Crippen LogP contribution in [0.3, 0.4) is 0 Å². The number of hydrogen-bond acceptors (Lipinski definition) is 5. The number of piperidine rings is 1. The zero-order valence-electron chi connectivity index (χ0n) is 20.9. The second kappa shape index (κ2) is 12.2. The summed E-state index contributed by atoms with van der Waals surface area (Å²) < 4.78 is 10.7. The van der Waals surface area contributed by atoms with Gasteiger partial charge in [-0.25, -0.2) is 0 Å². The number of anilines is 1. The van der Waals surface area contributed by atoms with Gasteiger partial charge in [0.25, 0.3) is 11.8 Å². The van der Waals surface area contributed by atoms with E-state index in [1.807, 2.05) is 6.92 Å². The van der Waals surface area contributed by atoms with Crippen molar-refractivity contribution >= 4 is 23.4 Å². The van der Waals surface area contributed by atoms with Gasteiger partial charge in [0.2, 0.25) is 5.91 Å². The summed E-state index contributed by atoms with van der Waals surface area (Å²) in [5, 5.41) is 5.83. The maximum Gasteiger partial charge on any atom is 0.262 e. The number of hydrogen-bond donors (Lipinski definition) is 2. The Hall–Kier alpha value is -3.55. The highest BCUT2D eigenvalue weighted by atomic mass is 16.5. The van der Waals surface area contributed by atoms with Crippen molar-refractivity contribution in [3.8, 4) is 11.5 Å². The van der Waals surface area contributed by atoms with Crippen LogP contribution in [0, 0.1) is 11.8 Å². The van der Waals surface area contributed by atoms with Crippen LogP contribution in [-0.4, -0.2) is 55.5 Å². The number of rotatable bonds is 9. The van der Waals surface area contributed by atoms with Crippen LogP contribution in [0.5, 0.6) is 11.5 Å². The van der Waals surface area contributed by atoms with Gasteiger partial charge in [-0.3, -0.25) is 14.4 Å². The molecule has 1 atom stereocenters. The second-order valence-electron chi connectivity index (χ2n) is 9.20. The molecule has 1 aliphatic rings. The van der Waals surface area contributed by atoms with Gasteiger partial charge in [0, 0.05) is 42.4 Å². The van der Waals surface area contributed by atoms with Crippen LogP contribution in [0.25, 0.3) is 0 Å². The lowest BCUT2D eigenvalue weighted by Crippen LogP contribution is -2.45. The molecule has 0 spiro atoms. The van der Waals surface area contributed by atoms with E-state index in [4.69, 9.17) is 9.47 Å². The summed E-state index contributed by atoms with van der Waals surface area (Å²) >= 11 is 0. The quantitative estimate of drug-likeness (QED) is 0.569. The van der Waals surface area contributed by atoms with Gasteiger partial charge in [-0.2, -0.15) is 0 Å². The fourth-order valence-corrected chi connectivity index (χ4v) is 3.78. The average molecular weight is 482 g/mol. The number of nitrogens with one attached hydrogen (secondary N) is 2. The third kappa shape index (κ3) is 7.47. The van der Waals surface area contributed by atoms with Crippen LogP contribution in [0.4, 0.5) is 5.69 Å². The van der Waals surface area contributed by atoms with Crippen LogP contribution < -0.4 is 20.1 Å². The highest BCUT2D eigenvalue weighted by Gasteiger charge is 2.28. The Morgan fingerprint density at radius 3 is 2.31 bits per heavy atom. The van der Waals surface area contributed by atoms with Crippen molar-refractivity contribution in [3.05, 3.63) is 54.1 Å². The molecule has 3 rings (SSSR count). The van der Waals surface area contributed by atoms with E-state index in [1.54, 1.807) is 60.5 Å². The summed E-state index contributed by atoms with van der Waals surface area (Å²) in [5.74, 6) is 1.19. The van der Waals surface area contributed by atoms with Gasteiger partial charge in [-0.15, -0.1) is 0 Å². The van der Waals surface area contributed by atoms with Crippen molar-refractivity contribution in [2.24, 2.45) is 11.8 Å². The molecule has 2 aromatic carbocycles. The molecule has 0 aromatic heterocycles. The van der Waals surface area contributed by atoms with Crippen molar-refractivity contribution < 1.29 is 23.9 Å². The van der Waals surface area contributed by atoms with Crippen molar-refractivity contribution in [2.75, 3.05) is 32.1 Å². The first kappa shape index (κ1) is 26.1. The van der Waals surface area contributed by atoms with E-state index in [9.17, 15) is 14.4 Å². The van der Waals surface area contributed by atoms with Crippen molar-refractivity contribution in [2.45, 2.75) is 39.7 Å². The summed E-state index contributed by atoms with van der Waals surface area (Å²) in [4.78, 5) is 39.3. The smallest absolute Gasteiger partial charge is 0.262 e. The first-order valence-electron chi connectivity index (χ1n) is 12.0. The maximum atomic E-state index is 12.9. The number of carbonyl (C=O) groups excluding carboxylic acids is 3. The minimum absolute atomic E-state index is 0.0563. The molecule has 0 saturated carbocycles. The Morgan fingerprint density at radius 1 is 1.00 bits per heavy atom. The summed E-state index contributed by atoms with van der Waals surface area (Å²) in [6.45, 7) is 7.13. The van der Waals surface area contributed by atoms with E-state index in [1.165, 1.54) is 0 Å². The highest BCUT2D eigenvalue weighted by molar-refractivity contribution is 5.94. The highest BCUT2D eigenvalue weighted by Crippen LogP contribution is 2.21. The van der Waals surface area contributed by atoms with E-state index in [0.29, 0.717) is 54.6 Å². The number of ether oxygens (including phenoxy) is 2. The topological polar surface area (TPSA) is 97.0 Å². The number of nitrogens with zero attached hydrogens (tertiary/aromatic N) is 1. The van der Waals surface area contributed by atoms with Crippen molar-refractivity contribution in [3.63, 3.8) is 0 Å². The minimum atomic E-state index is -0.298. The lowest BCUT2D eigenvalue weighted by atomic mass is 9.94. The summed E-state index contributed by atoms with van der Waals surface area (Å²) in [5.41, 5.74) is 1.17. The Labute approximate surface area is 207 Å². The first-order valence-corrected chi connectivity index (χ1v) is 12.0. The molecule has 3 amide bonds. The lowest BCUT2D eigenvalue weighted by Gasteiger charge is -2.32. The molecule has 8 nitrogen and oxygen atoms in total. The molecule has 1 saturated heterocycles. The van der Waals surface area contributed by atoms with Gasteiger partial charge in [-0.05, 0) is 62.1 Å². The molecule has 2 aromatic rings. The monoisotopic (exact) mass is 481 g/mol. The van der Waals surface area contributed by atoms with E-state index in [0.717, 1.165) is 0 Å². The molecule has 0 bridgehead atoms. The number of methoxy groups -OCH3 is 1. The largest absolute Gasteiger partial charge is 0.497 e. The Kier molecular flexibility index (Phi) is 9.11. The summed E-state index contributed by atoms with van der Waals surface area (Å²) in [6.07, 6.45) is 1.32. The third-order valence-corrected chi connectivity index (χ3v) is 6.35. The molecule has 2 N–H and O–H groups in total. The normalized spacial score (nSPS) is 14.8. The van der Waals surface area contributed by atoms with Gasteiger partial charge in [0.05, 0.1) is 7.11 Å². The van der Waals surface area contributed by atoms with Crippen LogP contribution >= 0.6 is 0 Å². The lowest BCUT2D eigenvalue weighted by molar-refractivity contribution is -0.127. The standard InChI is InChI=1S/C27H35N3O5/c1-18(2)19(3)28-26(32)20-12-14-30(15-13-20)27(33)21-8-10-23(11-9-21)35-17-25(31)29-22-6-5-7-24(16-22)34-4/h5-11,16,18-20H,12-15,17H2,1-4H3,(H,28,32)(H,29,31). The van der Waals surface area contributed by atoms with Crippen LogP contribution in [0.15, 0.2) is 48.5 Å². The van der Waals surface area contributed by atoms with Crippen LogP contribution in [0.2, 0.25) is 0 Å². The molecule has 1 heterocycles. The van der Waals surface area contributed by atoms with Crippen molar-refractivity contribution in [1.29, 1.82) is 0 Å². The fourth-order valence-electron chi connectivity index (χ4n) is 3.78. The van der Waals surface area contributed by atoms with Gasteiger partial charge >= 0.3 is 0 Å². The molecule has 35 heavy (non-hydrogen) atoms. The van der Waals surface area contributed by atoms with Crippen LogP contribution in [-0.2, 0) is 9.59 Å². The van der Waals surface area contributed by atoms with E-state index in [-0.39, 0.29) is 36.3 Å². The average Bonchev–Trinajstić information content (AvgIpc) is 2.87. The third-order valence-electron chi connectivity index (χ3n) is 6.35. The maximum absolute atomic E-state index is 12.9. The SMILES string of the molecule is COc1cccc(NC(=O)COc2ccc(C(=O)N3CCC(C(=O)NC(C)C(C)C)CC3)cc2)c1. The zero-order valence-corrected chi connectivity index (χ0v) is 20.9. The molecule has 1 aliphatic heterocycles. The first-order chi connectivity index (χ1) is 16.8. The molecule has 8 heteroatoms. The van der Waals surface area contributed by atoms with Crippen molar-refractivity contribution in [1.82, 2.24) is 10.2 Å². The zero-order chi connectivity index (χ0) is 25.4.